The Morgan fingerprint density at radius 3 is 2.63 bits per heavy atom. The first-order chi connectivity index (χ1) is 9.07. The average Bonchev–Trinajstić information content (AvgIpc) is 2.45. The average molecular weight is 282 g/mol. The van der Waals surface area contributed by atoms with Gasteiger partial charge in [-0.25, -0.2) is 0 Å². The summed E-state index contributed by atoms with van der Waals surface area (Å²) in [6.45, 7) is 3.90. The Bertz CT molecular complexity index is 386. The van der Waals surface area contributed by atoms with E-state index in [0.717, 1.165) is 24.5 Å². The van der Waals surface area contributed by atoms with Gasteiger partial charge in [-0.2, -0.15) is 11.8 Å². The quantitative estimate of drug-likeness (QED) is 0.794. The van der Waals surface area contributed by atoms with Crippen LogP contribution in [0.25, 0.3) is 0 Å². The van der Waals surface area contributed by atoms with Gasteiger partial charge in [0, 0.05) is 24.4 Å². The zero-order valence-electron chi connectivity index (χ0n) is 12.5. The zero-order chi connectivity index (χ0) is 14.3. The molecule has 1 unspecified atom stereocenters. The summed E-state index contributed by atoms with van der Waals surface area (Å²) in [5.74, 6) is 2.07. The number of benzene rings is 1. The van der Waals surface area contributed by atoms with Crippen LogP contribution in [0, 0.1) is 0 Å². The van der Waals surface area contributed by atoms with Crippen molar-refractivity contribution in [3.63, 3.8) is 0 Å². The van der Waals surface area contributed by atoms with E-state index in [1.54, 1.807) is 7.11 Å². The summed E-state index contributed by atoms with van der Waals surface area (Å²) >= 11 is 1.86. The predicted octanol–water partition coefficient (Wildman–Crippen LogP) is 2.25. The van der Waals surface area contributed by atoms with Crippen molar-refractivity contribution in [2.45, 2.75) is 18.9 Å². The first-order valence-corrected chi connectivity index (χ1v) is 7.99. The molecule has 0 fully saturated rings. The van der Waals surface area contributed by atoms with Gasteiger partial charge < -0.3 is 10.5 Å². The molecule has 1 atom stereocenters. The van der Waals surface area contributed by atoms with Crippen LogP contribution in [0.2, 0.25) is 0 Å². The first kappa shape index (κ1) is 16.3. The number of para-hydroxylation sites is 1. The van der Waals surface area contributed by atoms with Crippen molar-refractivity contribution >= 4 is 11.8 Å². The third-order valence-electron chi connectivity index (χ3n) is 3.76. The highest BCUT2D eigenvalue weighted by Gasteiger charge is 2.28. The highest BCUT2D eigenvalue weighted by Crippen LogP contribution is 2.25. The number of hydrogen-bond acceptors (Lipinski definition) is 4. The Morgan fingerprint density at radius 1 is 1.37 bits per heavy atom. The molecule has 2 N–H and O–H groups in total. The Hall–Kier alpha value is -0.710. The van der Waals surface area contributed by atoms with Gasteiger partial charge in [0.25, 0.3) is 0 Å². The topological polar surface area (TPSA) is 38.5 Å². The molecule has 3 nitrogen and oxygen atoms in total. The van der Waals surface area contributed by atoms with Crippen molar-refractivity contribution in [3.05, 3.63) is 29.8 Å². The van der Waals surface area contributed by atoms with Crippen LogP contribution >= 0.6 is 11.8 Å². The smallest absolute Gasteiger partial charge is 0.122 e. The van der Waals surface area contributed by atoms with Crippen LogP contribution in [0.4, 0.5) is 0 Å². The Morgan fingerprint density at radius 2 is 2.05 bits per heavy atom. The molecule has 0 heterocycles. The van der Waals surface area contributed by atoms with Gasteiger partial charge in [0.15, 0.2) is 0 Å². The molecule has 0 aromatic heterocycles. The molecule has 1 aromatic carbocycles. The fourth-order valence-electron chi connectivity index (χ4n) is 2.12. The van der Waals surface area contributed by atoms with E-state index in [1.807, 2.05) is 23.9 Å². The molecular formula is C15H26N2OS. The van der Waals surface area contributed by atoms with E-state index in [9.17, 15) is 0 Å². The van der Waals surface area contributed by atoms with E-state index < -0.39 is 0 Å². The fraction of sp³-hybridized carbons (Fsp3) is 0.600. The minimum absolute atomic E-state index is 0.0373. The van der Waals surface area contributed by atoms with Crippen molar-refractivity contribution in [1.29, 1.82) is 0 Å². The number of methoxy groups -OCH3 is 1. The lowest BCUT2D eigenvalue weighted by molar-refractivity contribution is 0.152. The monoisotopic (exact) mass is 282 g/mol. The molecule has 0 bridgehead atoms. The molecule has 108 valence electrons. The summed E-state index contributed by atoms with van der Waals surface area (Å²) in [5, 5.41) is 0. The summed E-state index contributed by atoms with van der Waals surface area (Å²) in [6, 6.07) is 8.18. The van der Waals surface area contributed by atoms with Gasteiger partial charge in [-0.1, -0.05) is 18.2 Å². The SMILES string of the molecule is COc1ccccc1CC(C)(CN)N(C)CCSC. The summed E-state index contributed by atoms with van der Waals surface area (Å²) in [5.41, 5.74) is 7.21. The lowest BCUT2D eigenvalue weighted by Gasteiger charge is -2.38. The molecule has 4 heteroatoms. The fourth-order valence-corrected chi connectivity index (χ4v) is 2.58. The number of rotatable bonds is 8. The maximum atomic E-state index is 6.03. The van der Waals surface area contributed by atoms with Gasteiger partial charge in [-0.15, -0.1) is 0 Å². The summed E-state index contributed by atoms with van der Waals surface area (Å²) < 4.78 is 5.43. The van der Waals surface area contributed by atoms with Crippen LogP contribution in [0.1, 0.15) is 12.5 Å². The number of ether oxygens (including phenoxy) is 1. The van der Waals surface area contributed by atoms with Crippen molar-refractivity contribution < 1.29 is 4.74 Å². The van der Waals surface area contributed by atoms with Crippen molar-refractivity contribution in [2.75, 3.05) is 39.3 Å². The molecular weight excluding hydrogens is 256 g/mol. The molecule has 0 spiro atoms. The van der Waals surface area contributed by atoms with Crippen LogP contribution in [0.15, 0.2) is 24.3 Å². The molecule has 0 amide bonds. The normalized spacial score (nSPS) is 14.4. The van der Waals surface area contributed by atoms with Gasteiger partial charge in [0.1, 0.15) is 5.75 Å². The third-order valence-corrected chi connectivity index (χ3v) is 4.35. The molecule has 0 saturated heterocycles. The predicted molar refractivity (Wildman–Crippen MR) is 85.2 cm³/mol. The summed E-state index contributed by atoms with van der Waals surface area (Å²) in [7, 11) is 3.87. The van der Waals surface area contributed by atoms with Gasteiger partial charge in [0.2, 0.25) is 0 Å². The van der Waals surface area contributed by atoms with Gasteiger partial charge in [-0.05, 0) is 38.3 Å². The number of hydrogen-bond donors (Lipinski definition) is 1. The standard InChI is InChI=1S/C15H26N2OS/c1-15(12-16,17(2)9-10-19-4)11-13-7-5-6-8-14(13)18-3/h5-8H,9-12,16H2,1-4H3. The number of likely N-dealkylation sites (N-methyl/N-ethyl adjacent to an activating group) is 1. The van der Waals surface area contributed by atoms with Crippen molar-refractivity contribution in [1.82, 2.24) is 4.90 Å². The van der Waals surface area contributed by atoms with Crippen LogP contribution in [0.3, 0.4) is 0 Å². The molecule has 0 radical (unpaired) electrons. The number of thioether (sulfide) groups is 1. The van der Waals surface area contributed by atoms with Crippen LogP contribution in [-0.2, 0) is 6.42 Å². The second-order valence-electron chi connectivity index (χ2n) is 5.10. The number of nitrogens with two attached hydrogens (primary N) is 1. The van der Waals surface area contributed by atoms with E-state index in [1.165, 1.54) is 5.56 Å². The minimum atomic E-state index is -0.0373. The lowest BCUT2D eigenvalue weighted by Crippen LogP contribution is -2.52. The second kappa shape index (κ2) is 7.78. The maximum Gasteiger partial charge on any atom is 0.122 e. The Kier molecular flexibility index (Phi) is 6.69. The highest BCUT2D eigenvalue weighted by atomic mass is 32.2. The van der Waals surface area contributed by atoms with Gasteiger partial charge in [0.05, 0.1) is 7.11 Å². The van der Waals surface area contributed by atoms with Crippen molar-refractivity contribution in [3.8, 4) is 5.75 Å². The molecule has 0 aliphatic carbocycles. The van der Waals surface area contributed by atoms with Crippen LogP contribution in [0.5, 0.6) is 5.75 Å². The largest absolute Gasteiger partial charge is 0.496 e. The maximum absolute atomic E-state index is 6.03. The van der Waals surface area contributed by atoms with E-state index >= 15 is 0 Å². The van der Waals surface area contributed by atoms with Gasteiger partial charge in [-0.3, -0.25) is 4.90 Å². The summed E-state index contributed by atoms with van der Waals surface area (Å²) in [4.78, 5) is 2.36. The number of nitrogens with zero attached hydrogens (tertiary/aromatic N) is 1. The zero-order valence-corrected chi connectivity index (χ0v) is 13.3. The Labute approximate surface area is 121 Å². The molecule has 1 rings (SSSR count). The van der Waals surface area contributed by atoms with Crippen molar-refractivity contribution in [2.24, 2.45) is 5.73 Å². The molecule has 0 aliphatic heterocycles. The molecule has 0 aliphatic rings. The minimum Gasteiger partial charge on any atom is -0.496 e. The summed E-state index contributed by atoms with van der Waals surface area (Å²) in [6.07, 6.45) is 3.03. The van der Waals surface area contributed by atoms with E-state index in [2.05, 4.69) is 37.3 Å². The van der Waals surface area contributed by atoms with E-state index in [-0.39, 0.29) is 5.54 Å². The third kappa shape index (κ3) is 4.41. The van der Waals surface area contributed by atoms with E-state index in [0.29, 0.717) is 6.54 Å². The second-order valence-corrected chi connectivity index (χ2v) is 6.09. The lowest BCUT2D eigenvalue weighted by atomic mass is 9.91. The molecule has 1 aromatic rings. The van der Waals surface area contributed by atoms with E-state index in [4.69, 9.17) is 10.5 Å². The first-order valence-electron chi connectivity index (χ1n) is 6.59. The van der Waals surface area contributed by atoms with Gasteiger partial charge >= 0.3 is 0 Å². The van der Waals surface area contributed by atoms with Crippen LogP contribution < -0.4 is 10.5 Å². The highest BCUT2D eigenvalue weighted by molar-refractivity contribution is 7.98. The molecule has 19 heavy (non-hydrogen) atoms. The Balaban J connectivity index is 2.84. The van der Waals surface area contributed by atoms with Crippen LogP contribution in [-0.4, -0.2) is 49.7 Å². The molecule has 0 saturated carbocycles.